The van der Waals surface area contributed by atoms with Crippen molar-refractivity contribution >= 4 is 5.97 Å². The SMILES string of the molecule is COC(=O)C(C)=COCCOCCOCCOCCO. The summed E-state index contributed by atoms with van der Waals surface area (Å²) in [4.78, 5) is 11.0. The van der Waals surface area contributed by atoms with Crippen LogP contribution < -0.4 is 0 Å². The molecule has 20 heavy (non-hydrogen) atoms. The van der Waals surface area contributed by atoms with Crippen LogP contribution in [0.3, 0.4) is 0 Å². The minimum Gasteiger partial charge on any atom is -0.498 e. The van der Waals surface area contributed by atoms with Crippen molar-refractivity contribution in [2.24, 2.45) is 0 Å². The molecule has 1 N–H and O–H groups in total. The Hall–Kier alpha value is -1.15. The Labute approximate surface area is 119 Å². The van der Waals surface area contributed by atoms with Crippen molar-refractivity contribution in [3.05, 3.63) is 11.8 Å². The first kappa shape index (κ1) is 18.9. The molecule has 0 amide bonds. The van der Waals surface area contributed by atoms with Crippen molar-refractivity contribution in [3.63, 3.8) is 0 Å². The summed E-state index contributed by atoms with van der Waals surface area (Å²) in [6.07, 6.45) is 1.35. The number of aliphatic hydroxyl groups excluding tert-OH is 1. The van der Waals surface area contributed by atoms with E-state index < -0.39 is 5.97 Å². The average Bonchev–Trinajstić information content (AvgIpc) is 2.47. The summed E-state index contributed by atoms with van der Waals surface area (Å²) >= 11 is 0. The fourth-order valence-electron chi connectivity index (χ4n) is 1.11. The number of hydrogen-bond donors (Lipinski definition) is 1. The molecule has 7 heteroatoms. The summed E-state index contributed by atoms with van der Waals surface area (Å²) in [5.74, 6) is -0.414. The molecule has 0 saturated heterocycles. The van der Waals surface area contributed by atoms with Gasteiger partial charge in [-0.1, -0.05) is 0 Å². The molecule has 0 radical (unpaired) electrons. The third-order valence-corrected chi connectivity index (χ3v) is 2.09. The third-order valence-electron chi connectivity index (χ3n) is 2.09. The number of hydrogen-bond acceptors (Lipinski definition) is 7. The van der Waals surface area contributed by atoms with Crippen LogP contribution in [-0.4, -0.2) is 71.0 Å². The number of carbonyl (C=O) groups is 1. The maximum Gasteiger partial charge on any atom is 0.336 e. The number of rotatable bonds is 13. The molecular formula is C13H24O7. The first-order valence-corrected chi connectivity index (χ1v) is 6.43. The van der Waals surface area contributed by atoms with Gasteiger partial charge in [-0.2, -0.15) is 0 Å². The number of esters is 1. The third kappa shape index (κ3) is 11.9. The van der Waals surface area contributed by atoms with E-state index in [1.165, 1.54) is 13.4 Å². The summed E-state index contributed by atoms with van der Waals surface area (Å²) < 4.78 is 25.1. The Bertz CT molecular complexity index is 265. The van der Waals surface area contributed by atoms with E-state index in [9.17, 15) is 4.79 Å². The summed E-state index contributed by atoms with van der Waals surface area (Å²) in [6.45, 7) is 4.59. The molecule has 0 aromatic carbocycles. The van der Waals surface area contributed by atoms with Crippen LogP contribution in [0, 0.1) is 0 Å². The van der Waals surface area contributed by atoms with Crippen LogP contribution in [0.5, 0.6) is 0 Å². The first-order valence-electron chi connectivity index (χ1n) is 6.43. The predicted molar refractivity (Wildman–Crippen MR) is 71.3 cm³/mol. The molecule has 0 fully saturated rings. The molecule has 0 aromatic rings. The standard InChI is InChI=1S/C13H24O7/c1-12(13(15)16-2)11-20-10-9-19-8-7-18-6-5-17-4-3-14/h11,14H,3-10H2,1-2H3. The Balaban J connectivity index is 3.23. The average molecular weight is 292 g/mol. The van der Waals surface area contributed by atoms with Crippen molar-refractivity contribution in [1.82, 2.24) is 0 Å². The summed E-state index contributed by atoms with van der Waals surface area (Å²) in [5, 5.41) is 8.46. The number of aliphatic hydroxyl groups is 1. The van der Waals surface area contributed by atoms with Gasteiger partial charge in [0.1, 0.15) is 6.61 Å². The lowest BCUT2D eigenvalue weighted by molar-refractivity contribution is -0.136. The lowest BCUT2D eigenvalue weighted by atomic mass is 10.3. The highest BCUT2D eigenvalue weighted by Crippen LogP contribution is 1.95. The maximum atomic E-state index is 11.0. The van der Waals surface area contributed by atoms with Crippen molar-refractivity contribution in [2.45, 2.75) is 6.92 Å². The zero-order valence-electron chi connectivity index (χ0n) is 12.1. The number of methoxy groups -OCH3 is 1. The van der Waals surface area contributed by atoms with Gasteiger partial charge in [0.05, 0.1) is 65.2 Å². The lowest BCUT2D eigenvalue weighted by Gasteiger charge is -2.06. The Morgan fingerprint density at radius 3 is 1.95 bits per heavy atom. The topological polar surface area (TPSA) is 83.5 Å². The van der Waals surface area contributed by atoms with Gasteiger partial charge < -0.3 is 28.8 Å². The molecule has 0 aliphatic carbocycles. The van der Waals surface area contributed by atoms with Crippen molar-refractivity contribution in [3.8, 4) is 0 Å². The zero-order valence-corrected chi connectivity index (χ0v) is 12.1. The van der Waals surface area contributed by atoms with Gasteiger partial charge in [-0.25, -0.2) is 4.79 Å². The van der Waals surface area contributed by atoms with Crippen molar-refractivity contribution in [1.29, 1.82) is 0 Å². The normalized spacial score (nSPS) is 11.4. The molecule has 0 aliphatic heterocycles. The molecule has 0 aliphatic rings. The second-order valence-electron chi connectivity index (χ2n) is 3.72. The highest BCUT2D eigenvalue weighted by atomic mass is 16.6. The van der Waals surface area contributed by atoms with Gasteiger partial charge in [0, 0.05) is 0 Å². The van der Waals surface area contributed by atoms with Crippen LogP contribution in [-0.2, 0) is 28.5 Å². The van der Waals surface area contributed by atoms with Crippen LogP contribution >= 0.6 is 0 Å². The minimum atomic E-state index is -0.414. The Morgan fingerprint density at radius 2 is 1.45 bits per heavy atom. The lowest BCUT2D eigenvalue weighted by Crippen LogP contribution is -2.12. The highest BCUT2D eigenvalue weighted by molar-refractivity contribution is 5.87. The van der Waals surface area contributed by atoms with E-state index in [1.807, 2.05) is 0 Å². The molecule has 0 aromatic heterocycles. The van der Waals surface area contributed by atoms with Gasteiger partial charge in [0.15, 0.2) is 0 Å². The summed E-state index contributed by atoms with van der Waals surface area (Å²) in [7, 11) is 1.32. The Morgan fingerprint density at radius 1 is 0.950 bits per heavy atom. The van der Waals surface area contributed by atoms with E-state index in [0.717, 1.165) is 0 Å². The molecule has 0 heterocycles. The molecule has 0 unspecified atom stereocenters. The van der Waals surface area contributed by atoms with Crippen LogP contribution in [0.2, 0.25) is 0 Å². The molecule has 0 saturated carbocycles. The van der Waals surface area contributed by atoms with Crippen molar-refractivity contribution in [2.75, 3.05) is 60.0 Å². The predicted octanol–water partition coefficient (Wildman–Crippen LogP) is 0.122. The van der Waals surface area contributed by atoms with E-state index in [1.54, 1.807) is 6.92 Å². The van der Waals surface area contributed by atoms with Crippen molar-refractivity contribution < 1.29 is 33.6 Å². The molecule has 7 nitrogen and oxygen atoms in total. The largest absolute Gasteiger partial charge is 0.498 e. The molecule has 0 spiro atoms. The van der Waals surface area contributed by atoms with Crippen LogP contribution in [0.1, 0.15) is 6.92 Å². The number of ether oxygens (including phenoxy) is 5. The maximum absolute atomic E-state index is 11.0. The summed E-state index contributed by atoms with van der Waals surface area (Å²) in [6, 6.07) is 0. The molecule has 118 valence electrons. The van der Waals surface area contributed by atoms with Gasteiger partial charge in [-0.15, -0.1) is 0 Å². The molecule has 0 rings (SSSR count). The highest BCUT2D eigenvalue weighted by Gasteiger charge is 2.02. The van der Waals surface area contributed by atoms with Crippen LogP contribution in [0.15, 0.2) is 11.8 Å². The second kappa shape index (κ2) is 14.3. The summed E-state index contributed by atoms with van der Waals surface area (Å²) in [5.41, 5.74) is 0.402. The Kier molecular flexibility index (Phi) is 13.4. The van der Waals surface area contributed by atoms with Gasteiger partial charge in [0.25, 0.3) is 0 Å². The van der Waals surface area contributed by atoms with Gasteiger partial charge in [0.2, 0.25) is 0 Å². The zero-order chi connectivity index (χ0) is 15.1. The van der Waals surface area contributed by atoms with E-state index in [4.69, 9.17) is 24.1 Å². The van der Waals surface area contributed by atoms with E-state index in [2.05, 4.69) is 4.74 Å². The van der Waals surface area contributed by atoms with E-state index in [0.29, 0.717) is 51.8 Å². The van der Waals surface area contributed by atoms with Crippen LogP contribution in [0.25, 0.3) is 0 Å². The van der Waals surface area contributed by atoms with Crippen LogP contribution in [0.4, 0.5) is 0 Å². The first-order chi connectivity index (χ1) is 9.72. The smallest absolute Gasteiger partial charge is 0.336 e. The van der Waals surface area contributed by atoms with E-state index in [-0.39, 0.29) is 6.61 Å². The quantitative estimate of drug-likeness (QED) is 0.223. The second-order valence-corrected chi connectivity index (χ2v) is 3.72. The molecular weight excluding hydrogens is 268 g/mol. The molecule has 0 atom stereocenters. The van der Waals surface area contributed by atoms with Gasteiger partial charge >= 0.3 is 5.97 Å². The minimum absolute atomic E-state index is 0.0208. The number of carbonyl (C=O) groups excluding carboxylic acids is 1. The fourth-order valence-corrected chi connectivity index (χ4v) is 1.11. The monoisotopic (exact) mass is 292 g/mol. The molecule has 0 bridgehead atoms. The fraction of sp³-hybridized carbons (Fsp3) is 0.769. The van der Waals surface area contributed by atoms with E-state index >= 15 is 0 Å². The van der Waals surface area contributed by atoms with Gasteiger partial charge in [-0.05, 0) is 6.92 Å². The van der Waals surface area contributed by atoms with Gasteiger partial charge in [-0.3, -0.25) is 0 Å².